The van der Waals surface area contributed by atoms with Gasteiger partial charge in [0.2, 0.25) is 5.78 Å². The number of nitrogens with zero attached hydrogens (tertiary/aromatic N) is 1. The lowest BCUT2D eigenvalue weighted by Gasteiger charge is -2.14. The van der Waals surface area contributed by atoms with Crippen LogP contribution in [0.1, 0.15) is 51.6 Å². The van der Waals surface area contributed by atoms with Crippen LogP contribution in [0.4, 0.5) is 0 Å². The van der Waals surface area contributed by atoms with E-state index in [0.717, 1.165) is 37.4 Å². The second kappa shape index (κ2) is 9.56. The molecule has 2 aromatic heterocycles. The molecule has 1 aliphatic rings. The Kier molecular flexibility index (Phi) is 6.87. The standard InChI is InChI=1S/C21H26N2O6/c1-14-11-17(15(2)23(14)12-16-5-3-9-27-16)18(24)13-29-20(25)7-8-22-21(26)19-6-4-10-28-19/h4,6,10-11,16H,3,5,7-9,12-13H2,1-2H3,(H,22,26)/t16-/m0/s1. The van der Waals surface area contributed by atoms with E-state index < -0.39 is 11.9 Å². The smallest absolute Gasteiger partial charge is 0.308 e. The van der Waals surface area contributed by atoms with Crippen molar-refractivity contribution in [1.29, 1.82) is 0 Å². The van der Waals surface area contributed by atoms with E-state index in [4.69, 9.17) is 13.9 Å². The van der Waals surface area contributed by atoms with E-state index in [2.05, 4.69) is 9.88 Å². The van der Waals surface area contributed by atoms with Crippen molar-refractivity contribution < 1.29 is 28.3 Å². The van der Waals surface area contributed by atoms with E-state index in [1.165, 1.54) is 12.3 Å². The molecular weight excluding hydrogens is 376 g/mol. The number of aryl methyl sites for hydroxylation is 1. The molecule has 3 heterocycles. The van der Waals surface area contributed by atoms with Crippen LogP contribution in [0.25, 0.3) is 0 Å². The molecular formula is C21H26N2O6. The number of hydrogen-bond acceptors (Lipinski definition) is 6. The molecule has 156 valence electrons. The summed E-state index contributed by atoms with van der Waals surface area (Å²) in [6.07, 6.45) is 3.63. The van der Waals surface area contributed by atoms with Gasteiger partial charge in [0.15, 0.2) is 12.4 Å². The molecule has 8 nitrogen and oxygen atoms in total. The van der Waals surface area contributed by atoms with Crippen LogP contribution in [0.5, 0.6) is 0 Å². The van der Waals surface area contributed by atoms with Crippen molar-refractivity contribution in [2.45, 2.75) is 45.8 Å². The minimum absolute atomic E-state index is 0.0300. The number of Topliss-reactive ketones (excluding diaryl/α,β-unsaturated/α-hetero) is 1. The summed E-state index contributed by atoms with van der Waals surface area (Å²) in [4.78, 5) is 36.1. The minimum atomic E-state index is -0.550. The summed E-state index contributed by atoms with van der Waals surface area (Å²) < 4.78 is 17.8. The largest absolute Gasteiger partial charge is 0.459 e. The molecule has 0 unspecified atom stereocenters. The molecule has 0 saturated carbocycles. The number of ether oxygens (including phenoxy) is 2. The summed E-state index contributed by atoms with van der Waals surface area (Å²) in [7, 11) is 0. The van der Waals surface area contributed by atoms with Crippen molar-refractivity contribution >= 4 is 17.7 Å². The number of esters is 1. The molecule has 0 radical (unpaired) electrons. The van der Waals surface area contributed by atoms with Crippen LogP contribution in [0.3, 0.4) is 0 Å². The fourth-order valence-corrected chi connectivity index (χ4v) is 3.43. The third kappa shape index (κ3) is 5.35. The molecule has 1 amide bonds. The first-order valence-corrected chi connectivity index (χ1v) is 9.74. The summed E-state index contributed by atoms with van der Waals surface area (Å²) >= 11 is 0. The Morgan fingerprint density at radius 2 is 2.14 bits per heavy atom. The summed E-state index contributed by atoms with van der Waals surface area (Å²) in [5, 5.41) is 2.56. The highest BCUT2D eigenvalue weighted by Gasteiger charge is 2.21. The van der Waals surface area contributed by atoms with Crippen molar-refractivity contribution in [2.75, 3.05) is 19.8 Å². The van der Waals surface area contributed by atoms with Gasteiger partial charge in [-0.05, 0) is 44.9 Å². The Morgan fingerprint density at radius 3 is 2.83 bits per heavy atom. The van der Waals surface area contributed by atoms with Gasteiger partial charge < -0.3 is 23.8 Å². The number of amides is 1. The highest BCUT2D eigenvalue weighted by molar-refractivity contribution is 5.99. The minimum Gasteiger partial charge on any atom is -0.459 e. The fraction of sp³-hybridized carbons (Fsp3) is 0.476. The van der Waals surface area contributed by atoms with Crippen molar-refractivity contribution in [3.8, 4) is 0 Å². The molecule has 2 aromatic rings. The van der Waals surface area contributed by atoms with Gasteiger partial charge in [0.1, 0.15) is 0 Å². The molecule has 8 heteroatoms. The molecule has 29 heavy (non-hydrogen) atoms. The normalized spacial score (nSPS) is 16.0. The van der Waals surface area contributed by atoms with Crippen LogP contribution in [0.2, 0.25) is 0 Å². The first kappa shape index (κ1) is 20.9. The third-order valence-electron chi connectivity index (χ3n) is 5.01. The van der Waals surface area contributed by atoms with Crippen LogP contribution < -0.4 is 5.32 Å². The third-order valence-corrected chi connectivity index (χ3v) is 5.01. The monoisotopic (exact) mass is 402 g/mol. The molecule has 1 aliphatic heterocycles. The van der Waals surface area contributed by atoms with Gasteiger partial charge in [0.05, 0.1) is 18.8 Å². The second-order valence-electron chi connectivity index (χ2n) is 7.10. The Balaban J connectivity index is 1.45. The van der Waals surface area contributed by atoms with Crippen LogP contribution in [-0.2, 0) is 20.8 Å². The Labute approximate surface area is 169 Å². The zero-order valence-corrected chi connectivity index (χ0v) is 16.7. The number of aromatic nitrogens is 1. The van der Waals surface area contributed by atoms with E-state index in [1.807, 2.05) is 19.9 Å². The van der Waals surface area contributed by atoms with Crippen molar-refractivity contribution in [1.82, 2.24) is 9.88 Å². The van der Waals surface area contributed by atoms with E-state index in [-0.39, 0.29) is 37.2 Å². The Morgan fingerprint density at radius 1 is 1.31 bits per heavy atom. The van der Waals surface area contributed by atoms with Gasteiger partial charge in [-0.25, -0.2) is 0 Å². The number of ketones is 1. The average molecular weight is 402 g/mol. The lowest BCUT2D eigenvalue weighted by Crippen LogP contribution is -2.26. The maximum absolute atomic E-state index is 12.5. The number of rotatable bonds is 9. The molecule has 1 atom stereocenters. The fourth-order valence-electron chi connectivity index (χ4n) is 3.43. The van der Waals surface area contributed by atoms with Crippen molar-refractivity contribution in [2.24, 2.45) is 0 Å². The van der Waals surface area contributed by atoms with Gasteiger partial charge in [0, 0.05) is 36.6 Å². The Bertz CT molecular complexity index is 862. The van der Waals surface area contributed by atoms with E-state index in [1.54, 1.807) is 6.07 Å². The topological polar surface area (TPSA) is 99.8 Å². The van der Waals surface area contributed by atoms with Crippen LogP contribution in [0, 0.1) is 13.8 Å². The van der Waals surface area contributed by atoms with Gasteiger partial charge in [-0.3, -0.25) is 14.4 Å². The second-order valence-corrected chi connectivity index (χ2v) is 7.10. The molecule has 1 fully saturated rings. The molecule has 0 spiro atoms. The summed E-state index contributed by atoms with van der Waals surface area (Å²) in [6.45, 7) is 5.12. The SMILES string of the molecule is Cc1cc(C(=O)COC(=O)CCNC(=O)c2ccco2)c(C)n1C[C@@H]1CCCO1. The van der Waals surface area contributed by atoms with E-state index in [0.29, 0.717) is 5.56 Å². The summed E-state index contributed by atoms with van der Waals surface area (Å²) in [5.41, 5.74) is 2.39. The van der Waals surface area contributed by atoms with Gasteiger partial charge in [-0.15, -0.1) is 0 Å². The van der Waals surface area contributed by atoms with Gasteiger partial charge >= 0.3 is 5.97 Å². The molecule has 1 saturated heterocycles. The number of hydrogen-bond donors (Lipinski definition) is 1. The van der Waals surface area contributed by atoms with Crippen molar-refractivity contribution in [3.63, 3.8) is 0 Å². The first-order chi connectivity index (χ1) is 14.0. The zero-order valence-electron chi connectivity index (χ0n) is 16.7. The predicted molar refractivity (Wildman–Crippen MR) is 104 cm³/mol. The average Bonchev–Trinajstić information content (AvgIpc) is 3.45. The summed E-state index contributed by atoms with van der Waals surface area (Å²) in [5.74, 6) is -1.03. The number of carbonyl (C=O) groups excluding carboxylic acids is 3. The molecule has 3 rings (SSSR count). The number of carbonyl (C=O) groups is 3. The molecule has 1 N–H and O–H groups in total. The lowest BCUT2D eigenvalue weighted by molar-refractivity contribution is -0.142. The van der Waals surface area contributed by atoms with Crippen LogP contribution >= 0.6 is 0 Å². The van der Waals surface area contributed by atoms with Gasteiger partial charge in [0.25, 0.3) is 5.91 Å². The van der Waals surface area contributed by atoms with Gasteiger partial charge in [-0.1, -0.05) is 0 Å². The zero-order chi connectivity index (χ0) is 20.8. The highest BCUT2D eigenvalue weighted by atomic mass is 16.5. The first-order valence-electron chi connectivity index (χ1n) is 9.74. The predicted octanol–water partition coefficient (Wildman–Crippen LogP) is 2.42. The van der Waals surface area contributed by atoms with E-state index in [9.17, 15) is 14.4 Å². The lowest BCUT2D eigenvalue weighted by atomic mass is 10.1. The van der Waals surface area contributed by atoms with Crippen molar-refractivity contribution in [3.05, 3.63) is 47.2 Å². The van der Waals surface area contributed by atoms with E-state index >= 15 is 0 Å². The maximum atomic E-state index is 12.5. The van der Waals surface area contributed by atoms with Crippen LogP contribution in [-0.4, -0.2) is 48.1 Å². The quantitative estimate of drug-likeness (QED) is 0.511. The molecule has 0 bridgehead atoms. The number of nitrogens with one attached hydrogen (secondary N) is 1. The molecule has 0 aromatic carbocycles. The Hall–Kier alpha value is -2.87. The highest BCUT2D eigenvalue weighted by Crippen LogP contribution is 2.20. The molecule has 0 aliphatic carbocycles. The van der Waals surface area contributed by atoms with Gasteiger partial charge in [-0.2, -0.15) is 0 Å². The summed E-state index contributed by atoms with van der Waals surface area (Å²) in [6, 6.07) is 4.96. The number of furan rings is 1. The van der Waals surface area contributed by atoms with Crippen LogP contribution in [0.15, 0.2) is 28.9 Å². The maximum Gasteiger partial charge on any atom is 0.308 e.